The molecule has 0 aliphatic heterocycles. The summed E-state index contributed by atoms with van der Waals surface area (Å²) in [6, 6.07) is 17.4. The van der Waals surface area contributed by atoms with Crippen LogP contribution in [0.2, 0.25) is 0 Å². The van der Waals surface area contributed by atoms with Crippen LogP contribution in [0.5, 0.6) is 0 Å². The fourth-order valence-electron chi connectivity index (χ4n) is 4.04. The Hall–Kier alpha value is -3.25. The molecule has 3 aromatic rings. The maximum absolute atomic E-state index is 13.1. The minimum atomic E-state index is -0.203. The molecule has 2 N–H and O–H groups in total. The molecule has 4 rings (SSSR count). The number of amides is 2. The maximum Gasteiger partial charge on any atom is 0.322 e. The van der Waals surface area contributed by atoms with E-state index in [0.29, 0.717) is 18.1 Å². The molecule has 0 saturated carbocycles. The van der Waals surface area contributed by atoms with Gasteiger partial charge >= 0.3 is 6.03 Å². The van der Waals surface area contributed by atoms with Crippen LogP contribution in [0.3, 0.4) is 0 Å². The predicted octanol–water partition coefficient (Wildman–Crippen LogP) is 4.36. The van der Waals surface area contributed by atoms with E-state index in [1.807, 2.05) is 49.4 Å². The minimum absolute atomic E-state index is 0.0259. The Balaban J connectivity index is 1.51. The van der Waals surface area contributed by atoms with Crippen molar-refractivity contribution in [1.82, 2.24) is 14.9 Å². The van der Waals surface area contributed by atoms with Crippen molar-refractivity contribution in [2.24, 2.45) is 0 Å². The van der Waals surface area contributed by atoms with Crippen molar-refractivity contribution in [1.29, 1.82) is 0 Å². The highest BCUT2D eigenvalue weighted by atomic mass is 16.3. The number of urea groups is 1. The van der Waals surface area contributed by atoms with E-state index in [4.69, 9.17) is 0 Å². The number of aromatic nitrogens is 2. The lowest BCUT2D eigenvalue weighted by atomic mass is 9.87. The number of aliphatic hydroxyl groups excluding tert-OH is 1. The van der Waals surface area contributed by atoms with Crippen LogP contribution in [-0.2, 0) is 6.42 Å². The van der Waals surface area contributed by atoms with Gasteiger partial charge in [0.25, 0.3) is 0 Å². The lowest BCUT2D eigenvalue weighted by molar-refractivity contribution is 0.155. The third-order valence-corrected chi connectivity index (χ3v) is 5.50. The fraction of sp³-hybridized carbons (Fsp3) is 0.292. The van der Waals surface area contributed by atoms with E-state index < -0.39 is 0 Å². The van der Waals surface area contributed by atoms with Crippen molar-refractivity contribution >= 4 is 11.7 Å². The van der Waals surface area contributed by atoms with Gasteiger partial charge in [0.2, 0.25) is 0 Å². The van der Waals surface area contributed by atoms with Crippen molar-refractivity contribution in [2.45, 2.75) is 32.2 Å². The van der Waals surface area contributed by atoms with Crippen LogP contribution in [-0.4, -0.2) is 39.2 Å². The fourth-order valence-corrected chi connectivity index (χ4v) is 4.04. The number of aliphatic hydroxyl groups is 1. The van der Waals surface area contributed by atoms with Gasteiger partial charge in [0.15, 0.2) is 5.82 Å². The second-order valence-electron chi connectivity index (χ2n) is 7.55. The summed E-state index contributed by atoms with van der Waals surface area (Å²) in [4.78, 5) is 23.6. The van der Waals surface area contributed by atoms with E-state index in [1.54, 1.807) is 11.1 Å². The SMILES string of the molecule is Cc1ccnc(-c2ccc(NC(=O)N(CCO)[C@@H]3CCCc4ccccc43)cc2)n1. The summed E-state index contributed by atoms with van der Waals surface area (Å²) in [7, 11) is 0. The molecule has 154 valence electrons. The van der Waals surface area contributed by atoms with E-state index in [0.717, 1.165) is 30.5 Å². The Labute approximate surface area is 176 Å². The standard InChI is InChI=1S/C24H26N4O2/c1-17-13-14-25-23(26-17)19-9-11-20(12-10-19)27-24(30)28(15-16-29)22-8-4-6-18-5-2-3-7-21(18)22/h2-3,5,7,9-14,22,29H,4,6,8,15-16H2,1H3,(H,27,30)/t22-/m1/s1. The number of carbonyl (C=O) groups excluding carboxylic acids is 1. The summed E-state index contributed by atoms with van der Waals surface area (Å²) < 4.78 is 0. The van der Waals surface area contributed by atoms with Gasteiger partial charge in [-0.2, -0.15) is 0 Å². The number of nitrogens with zero attached hydrogens (tertiary/aromatic N) is 3. The van der Waals surface area contributed by atoms with E-state index >= 15 is 0 Å². The van der Waals surface area contributed by atoms with Crippen LogP contribution in [0.25, 0.3) is 11.4 Å². The summed E-state index contributed by atoms with van der Waals surface area (Å²) in [5.41, 5.74) is 4.96. The number of anilines is 1. The van der Waals surface area contributed by atoms with Gasteiger partial charge in [0, 0.05) is 29.7 Å². The largest absolute Gasteiger partial charge is 0.395 e. The highest BCUT2D eigenvalue weighted by molar-refractivity contribution is 5.90. The Kier molecular flexibility index (Phi) is 6.05. The average molecular weight is 402 g/mol. The molecule has 0 fully saturated rings. The molecule has 0 saturated heterocycles. The van der Waals surface area contributed by atoms with Crippen molar-refractivity contribution in [3.8, 4) is 11.4 Å². The smallest absolute Gasteiger partial charge is 0.322 e. The van der Waals surface area contributed by atoms with Gasteiger partial charge in [-0.05, 0) is 67.6 Å². The lowest BCUT2D eigenvalue weighted by Gasteiger charge is -2.35. The van der Waals surface area contributed by atoms with Gasteiger partial charge in [0.1, 0.15) is 0 Å². The molecule has 2 aromatic carbocycles. The summed E-state index contributed by atoms with van der Waals surface area (Å²) in [5, 5.41) is 12.6. The van der Waals surface area contributed by atoms with Gasteiger partial charge in [-0.25, -0.2) is 14.8 Å². The number of fused-ring (bicyclic) bond motifs is 1. The Morgan fingerprint density at radius 1 is 1.17 bits per heavy atom. The van der Waals surface area contributed by atoms with Gasteiger partial charge < -0.3 is 15.3 Å². The molecule has 1 atom stereocenters. The normalized spacial score (nSPS) is 15.3. The Morgan fingerprint density at radius 2 is 1.97 bits per heavy atom. The molecule has 1 heterocycles. The first-order chi connectivity index (χ1) is 14.7. The molecule has 1 aromatic heterocycles. The molecule has 1 aliphatic carbocycles. The first kappa shape index (κ1) is 20.0. The molecule has 0 unspecified atom stereocenters. The summed E-state index contributed by atoms with van der Waals surface area (Å²) in [6.07, 6.45) is 4.70. The highest BCUT2D eigenvalue weighted by Crippen LogP contribution is 2.34. The number of aryl methyl sites for hydroxylation is 2. The molecule has 1 aliphatic rings. The van der Waals surface area contributed by atoms with Crippen molar-refractivity contribution in [3.63, 3.8) is 0 Å². The number of hydrogen-bond acceptors (Lipinski definition) is 4. The molecule has 6 heteroatoms. The first-order valence-electron chi connectivity index (χ1n) is 10.3. The maximum atomic E-state index is 13.1. The van der Waals surface area contributed by atoms with Crippen LogP contribution in [0.1, 0.15) is 35.7 Å². The number of nitrogens with one attached hydrogen (secondary N) is 1. The Morgan fingerprint density at radius 3 is 2.73 bits per heavy atom. The second-order valence-corrected chi connectivity index (χ2v) is 7.55. The van der Waals surface area contributed by atoms with E-state index in [-0.39, 0.29) is 18.7 Å². The molecule has 30 heavy (non-hydrogen) atoms. The van der Waals surface area contributed by atoms with E-state index in [2.05, 4.69) is 27.4 Å². The first-order valence-corrected chi connectivity index (χ1v) is 10.3. The lowest BCUT2D eigenvalue weighted by Crippen LogP contribution is -2.41. The number of benzene rings is 2. The van der Waals surface area contributed by atoms with Crippen LogP contribution in [0.15, 0.2) is 60.8 Å². The zero-order valence-corrected chi connectivity index (χ0v) is 17.1. The Bertz CT molecular complexity index is 1020. The van der Waals surface area contributed by atoms with Crippen LogP contribution in [0.4, 0.5) is 10.5 Å². The number of carbonyl (C=O) groups is 1. The van der Waals surface area contributed by atoms with E-state index in [1.165, 1.54) is 11.1 Å². The van der Waals surface area contributed by atoms with Gasteiger partial charge in [0.05, 0.1) is 12.6 Å². The minimum Gasteiger partial charge on any atom is -0.395 e. The average Bonchev–Trinajstić information content (AvgIpc) is 2.77. The van der Waals surface area contributed by atoms with Crippen LogP contribution >= 0.6 is 0 Å². The summed E-state index contributed by atoms with van der Waals surface area (Å²) in [6.45, 7) is 2.15. The van der Waals surface area contributed by atoms with Gasteiger partial charge in [-0.15, -0.1) is 0 Å². The third-order valence-electron chi connectivity index (χ3n) is 5.50. The zero-order chi connectivity index (χ0) is 20.9. The van der Waals surface area contributed by atoms with Crippen molar-refractivity contribution in [2.75, 3.05) is 18.5 Å². The van der Waals surface area contributed by atoms with Crippen LogP contribution < -0.4 is 5.32 Å². The number of hydrogen-bond donors (Lipinski definition) is 2. The van der Waals surface area contributed by atoms with Crippen molar-refractivity contribution in [3.05, 3.63) is 77.6 Å². The van der Waals surface area contributed by atoms with E-state index in [9.17, 15) is 9.90 Å². The summed E-state index contributed by atoms with van der Waals surface area (Å²) >= 11 is 0. The quantitative estimate of drug-likeness (QED) is 0.665. The predicted molar refractivity (Wildman–Crippen MR) is 117 cm³/mol. The molecular weight excluding hydrogens is 376 g/mol. The molecule has 0 spiro atoms. The second kappa shape index (κ2) is 9.05. The van der Waals surface area contributed by atoms with Gasteiger partial charge in [-0.3, -0.25) is 0 Å². The monoisotopic (exact) mass is 402 g/mol. The molecule has 2 amide bonds. The molecule has 0 radical (unpaired) electrons. The topological polar surface area (TPSA) is 78.4 Å². The van der Waals surface area contributed by atoms with Crippen molar-refractivity contribution < 1.29 is 9.90 Å². The molecule has 0 bridgehead atoms. The molecule has 6 nitrogen and oxygen atoms in total. The van der Waals surface area contributed by atoms with Gasteiger partial charge in [-0.1, -0.05) is 24.3 Å². The number of rotatable bonds is 5. The highest BCUT2D eigenvalue weighted by Gasteiger charge is 2.28. The third kappa shape index (κ3) is 4.33. The van der Waals surface area contributed by atoms with Crippen LogP contribution in [0, 0.1) is 6.92 Å². The summed E-state index contributed by atoms with van der Waals surface area (Å²) in [5.74, 6) is 0.661. The molecular formula is C24H26N4O2. The zero-order valence-electron chi connectivity index (χ0n) is 17.1.